The monoisotopic (exact) mass is 573 g/mol. The number of nitrogens with zero attached hydrogens (tertiary/aromatic N) is 1. The van der Waals surface area contributed by atoms with Crippen LogP contribution in [0.4, 0.5) is 17.1 Å². The molecule has 0 aliphatic rings. The zero-order chi connectivity index (χ0) is 30.1. The van der Waals surface area contributed by atoms with E-state index in [-0.39, 0.29) is 0 Å². The van der Waals surface area contributed by atoms with Gasteiger partial charge in [-0.25, -0.2) is 0 Å². The highest BCUT2D eigenvalue weighted by molar-refractivity contribution is 5.97. The number of anilines is 3. The van der Waals surface area contributed by atoms with E-state index in [0.717, 1.165) is 23.5 Å². The van der Waals surface area contributed by atoms with Crippen LogP contribution in [0, 0.1) is 6.92 Å². The zero-order valence-corrected chi connectivity index (χ0v) is 26.2. The SMILES string of the molecule is CCCCCCCCc1cc(-c2ccc(N(c3ccc(C)cc3)c3ccc(-c4ccccc4)cc3)cc2)c2ccccc2c1. The number of hydrogen-bond acceptors (Lipinski definition) is 1. The van der Waals surface area contributed by atoms with Crippen molar-refractivity contribution in [1.29, 1.82) is 0 Å². The van der Waals surface area contributed by atoms with Gasteiger partial charge in [0.25, 0.3) is 0 Å². The van der Waals surface area contributed by atoms with Crippen LogP contribution >= 0.6 is 0 Å². The van der Waals surface area contributed by atoms with Crippen LogP contribution in [-0.4, -0.2) is 0 Å². The maximum Gasteiger partial charge on any atom is 0.0462 e. The molecule has 0 fully saturated rings. The van der Waals surface area contributed by atoms with E-state index >= 15 is 0 Å². The van der Waals surface area contributed by atoms with Gasteiger partial charge < -0.3 is 4.90 Å². The van der Waals surface area contributed by atoms with Crippen LogP contribution in [0.3, 0.4) is 0 Å². The lowest BCUT2D eigenvalue weighted by Gasteiger charge is -2.26. The standard InChI is InChI=1S/C43H43N/c1-3-4-5-6-7-9-14-34-31-38-17-12-13-18-42(38)43(32-34)37-23-29-41(30-24-37)44(39-25-19-33(2)20-26-39)40-27-21-36(22-28-40)35-15-10-8-11-16-35/h8,10-13,15-32H,3-7,9,14H2,1-2H3. The summed E-state index contributed by atoms with van der Waals surface area (Å²) < 4.78 is 0. The molecule has 0 saturated heterocycles. The third-order valence-electron chi connectivity index (χ3n) is 8.70. The molecule has 0 aliphatic carbocycles. The first-order valence-corrected chi connectivity index (χ1v) is 16.3. The Morgan fingerprint density at radius 1 is 0.477 bits per heavy atom. The van der Waals surface area contributed by atoms with E-state index in [0.29, 0.717) is 0 Å². The molecule has 0 heterocycles. The van der Waals surface area contributed by atoms with Crippen molar-refractivity contribution in [3.05, 3.63) is 151 Å². The molecule has 0 spiro atoms. The Bertz CT molecular complexity index is 1770. The van der Waals surface area contributed by atoms with Gasteiger partial charge >= 0.3 is 0 Å². The van der Waals surface area contributed by atoms with Crippen molar-refractivity contribution in [3.63, 3.8) is 0 Å². The summed E-state index contributed by atoms with van der Waals surface area (Å²) in [6, 6.07) is 51.1. The molecule has 6 rings (SSSR count). The highest BCUT2D eigenvalue weighted by Crippen LogP contribution is 2.38. The van der Waals surface area contributed by atoms with Crippen molar-refractivity contribution in [2.24, 2.45) is 0 Å². The summed E-state index contributed by atoms with van der Waals surface area (Å²) in [6.07, 6.45) is 9.09. The van der Waals surface area contributed by atoms with Crippen LogP contribution in [0.25, 0.3) is 33.0 Å². The summed E-state index contributed by atoms with van der Waals surface area (Å²) >= 11 is 0. The second kappa shape index (κ2) is 14.2. The van der Waals surface area contributed by atoms with Gasteiger partial charge in [-0.15, -0.1) is 0 Å². The highest BCUT2D eigenvalue weighted by Gasteiger charge is 2.14. The summed E-state index contributed by atoms with van der Waals surface area (Å²) in [5, 5.41) is 2.65. The van der Waals surface area contributed by atoms with Crippen molar-refractivity contribution < 1.29 is 0 Å². The molecule has 1 heteroatoms. The molecule has 0 radical (unpaired) electrons. The Balaban J connectivity index is 1.31. The van der Waals surface area contributed by atoms with Gasteiger partial charge in [0, 0.05) is 17.1 Å². The van der Waals surface area contributed by atoms with E-state index in [1.807, 2.05) is 0 Å². The number of benzene rings is 6. The lowest BCUT2D eigenvalue weighted by Crippen LogP contribution is -2.09. The molecule has 0 atom stereocenters. The Morgan fingerprint density at radius 3 is 1.70 bits per heavy atom. The number of unbranched alkanes of at least 4 members (excludes halogenated alkanes) is 5. The van der Waals surface area contributed by atoms with Crippen LogP contribution in [-0.2, 0) is 6.42 Å². The number of aryl methyl sites for hydroxylation is 2. The Labute approximate surface area is 263 Å². The molecule has 0 aliphatic heterocycles. The molecule has 220 valence electrons. The maximum absolute atomic E-state index is 2.43. The molecule has 1 nitrogen and oxygen atoms in total. The van der Waals surface area contributed by atoms with Crippen molar-refractivity contribution in [1.82, 2.24) is 0 Å². The largest absolute Gasteiger partial charge is 0.311 e. The minimum Gasteiger partial charge on any atom is -0.311 e. The van der Waals surface area contributed by atoms with Crippen LogP contribution in [0.15, 0.2) is 140 Å². The third kappa shape index (κ3) is 6.95. The van der Waals surface area contributed by atoms with E-state index in [4.69, 9.17) is 0 Å². The van der Waals surface area contributed by atoms with Crippen molar-refractivity contribution in [2.75, 3.05) is 4.90 Å². The first kappa shape index (κ1) is 29.5. The van der Waals surface area contributed by atoms with E-state index in [1.165, 1.54) is 82.7 Å². The second-order valence-electron chi connectivity index (χ2n) is 12.0. The first-order chi connectivity index (χ1) is 21.7. The zero-order valence-electron chi connectivity index (χ0n) is 26.2. The van der Waals surface area contributed by atoms with Gasteiger partial charge in [0.1, 0.15) is 0 Å². The Kier molecular flexibility index (Phi) is 9.53. The lowest BCUT2D eigenvalue weighted by molar-refractivity contribution is 0.607. The average molecular weight is 574 g/mol. The van der Waals surface area contributed by atoms with Crippen molar-refractivity contribution in [3.8, 4) is 22.3 Å². The molecular formula is C43H43N. The molecule has 0 saturated carbocycles. The molecule has 44 heavy (non-hydrogen) atoms. The van der Waals surface area contributed by atoms with Gasteiger partial charge in [-0.1, -0.05) is 148 Å². The summed E-state index contributed by atoms with van der Waals surface area (Å²) in [6.45, 7) is 4.43. The maximum atomic E-state index is 2.43. The van der Waals surface area contributed by atoms with E-state index in [1.54, 1.807) is 0 Å². The molecule has 0 bridgehead atoms. The van der Waals surface area contributed by atoms with Crippen LogP contribution in [0.2, 0.25) is 0 Å². The molecule has 0 unspecified atom stereocenters. The minimum absolute atomic E-state index is 1.14. The van der Waals surface area contributed by atoms with Gasteiger partial charge in [-0.3, -0.25) is 0 Å². The van der Waals surface area contributed by atoms with Gasteiger partial charge in [-0.2, -0.15) is 0 Å². The van der Waals surface area contributed by atoms with E-state index in [2.05, 4.69) is 158 Å². The topological polar surface area (TPSA) is 3.24 Å². The number of hydrogen-bond donors (Lipinski definition) is 0. The van der Waals surface area contributed by atoms with Gasteiger partial charge in [-0.05, 0) is 94.8 Å². The quantitative estimate of drug-likeness (QED) is 0.132. The average Bonchev–Trinajstić information content (AvgIpc) is 3.08. The van der Waals surface area contributed by atoms with Crippen LogP contribution < -0.4 is 4.90 Å². The first-order valence-electron chi connectivity index (χ1n) is 16.3. The molecule has 0 N–H and O–H groups in total. The van der Waals surface area contributed by atoms with Gasteiger partial charge in [0.2, 0.25) is 0 Å². The van der Waals surface area contributed by atoms with Gasteiger partial charge in [0.05, 0.1) is 0 Å². The number of fused-ring (bicyclic) bond motifs is 1. The molecule has 0 amide bonds. The minimum atomic E-state index is 1.14. The van der Waals surface area contributed by atoms with Crippen molar-refractivity contribution >= 4 is 27.8 Å². The Hall–Kier alpha value is -4.62. The fourth-order valence-electron chi connectivity index (χ4n) is 6.23. The summed E-state index contributed by atoms with van der Waals surface area (Å²) in [5.41, 5.74) is 11.2. The highest BCUT2D eigenvalue weighted by atomic mass is 15.1. The summed E-state index contributed by atoms with van der Waals surface area (Å²) in [5.74, 6) is 0. The predicted molar refractivity (Wildman–Crippen MR) is 191 cm³/mol. The van der Waals surface area contributed by atoms with E-state index in [9.17, 15) is 0 Å². The smallest absolute Gasteiger partial charge is 0.0462 e. The van der Waals surface area contributed by atoms with Gasteiger partial charge in [0.15, 0.2) is 0 Å². The Morgan fingerprint density at radius 2 is 1.02 bits per heavy atom. The summed E-state index contributed by atoms with van der Waals surface area (Å²) in [7, 11) is 0. The van der Waals surface area contributed by atoms with Crippen LogP contribution in [0.1, 0.15) is 56.6 Å². The fraction of sp³-hybridized carbons (Fsp3) is 0.209. The fourth-order valence-corrected chi connectivity index (χ4v) is 6.23. The third-order valence-corrected chi connectivity index (χ3v) is 8.70. The molecular weight excluding hydrogens is 530 g/mol. The molecule has 0 aromatic heterocycles. The predicted octanol–water partition coefficient (Wildman–Crippen LogP) is 12.9. The van der Waals surface area contributed by atoms with Crippen LogP contribution in [0.5, 0.6) is 0 Å². The van der Waals surface area contributed by atoms with E-state index < -0.39 is 0 Å². The van der Waals surface area contributed by atoms with Crippen molar-refractivity contribution in [2.45, 2.75) is 58.8 Å². The molecule has 6 aromatic carbocycles. The molecule has 6 aromatic rings. The normalized spacial score (nSPS) is 11.1. The lowest BCUT2D eigenvalue weighted by atomic mass is 9.93. The number of rotatable bonds is 12. The summed E-state index contributed by atoms with van der Waals surface area (Å²) in [4.78, 5) is 2.35. The second-order valence-corrected chi connectivity index (χ2v) is 12.0.